The standard InChI is InChI=1S/C28H28N2O5/c1-4-28(3,26(32)33)30-25(31)18-14-9-15-24(17(18)2)29-27(34)35-16-23-21-12-7-5-10-19(21)20-11-6-8-13-22(20)23/h5-15,23H,4,16H2,1-3H3,(H,29,34)(H,30,31)(H,32,33). The van der Waals surface area contributed by atoms with Crippen molar-refractivity contribution in [2.75, 3.05) is 11.9 Å². The molecule has 2 amide bonds. The molecule has 0 heterocycles. The zero-order valence-electron chi connectivity index (χ0n) is 19.9. The third-order valence-electron chi connectivity index (χ3n) is 6.73. The van der Waals surface area contributed by atoms with Crippen molar-refractivity contribution < 1.29 is 24.2 Å². The maximum Gasteiger partial charge on any atom is 0.411 e. The van der Waals surface area contributed by atoms with Crippen LogP contribution in [0.5, 0.6) is 0 Å². The van der Waals surface area contributed by atoms with Crippen LogP contribution in [0.15, 0.2) is 66.7 Å². The van der Waals surface area contributed by atoms with E-state index >= 15 is 0 Å². The number of rotatable bonds is 7. The summed E-state index contributed by atoms with van der Waals surface area (Å²) in [6.45, 7) is 5.02. The number of fused-ring (bicyclic) bond motifs is 3. The highest BCUT2D eigenvalue weighted by Crippen LogP contribution is 2.44. The Bertz CT molecular complexity index is 1260. The molecule has 0 bridgehead atoms. The van der Waals surface area contributed by atoms with Crippen molar-refractivity contribution in [2.24, 2.45) is 0 Å². The summed E-state index contributed by atoms with van der Waals surface area (Å²) in [4.78, 5) is 37.0. The Morgan fingerprint density at radius 1 is 0.943 bits per heavy atom. The largest absolute Gasteiger partial charge is 0.480 e. The van der Waals surface area contributed by atoms with Gasteiger partial charge in [-0.3, -0.25) is 10.1 Å². The van der Waals surface area contributed by atoms with Gasteiger partial charge in [-0.1, -0.05) is 61.5 Å². The molecule has 1 aliphatic rings. The molecule has 0 aliphatic heterocycles. The van der Waals surface area contributed by atoms with Crippen LogP contribution in [0.4, 0.5) is 10.5 Å². The number of nitrogens with one attached hydrogen (secondary N) is 2. The molecule has 1 aliphatic carbocycles. The molecule has 35 heavy (non-hydrogen) atoms. The second kappa shape index (κ2) is 9.62. The highest BCUT2D eigenvalue weighted by atomic mass is 16.5. The van der Waals surface area contributed by atoms with Crippen molar-refractivity contribution >= 4 is 23.7 Å². The van der Waals surface area contributed by atoms with Crippen LogP contribution in [0.2, 0.25) is 0 Å². The van der Waals surface area contributed by atoms with Gasteiger partial charge < -0.3 is 15.2 Å². The molecule has 180 valence electrons. The Balaban J connectivity index is 1.46. The van der Waals surface area contributed by atoms with E-state index in [2.05, 4.69) is 34.9 Å². The summed E-state index contributed by atoms with van der Waals surface area (Å²) >= 11 is 0. The van der Waals surface area contributed by atoms with Gasteiger partial charge in [0, 0.05) is 17.2 Å². The van der Waals surface area contributed by atoms with E-state index in [1.807, 2.05) is 24.3 Å². The van der Waals surface area contributed by atoms with Gasteiger partial charge in [0.15, 0.2) is 0 Å². The average Bonchev–Trinajstić information content (AvgIpc) is 3.17. The zero-order chi connectivity index (χ0) is 25.2. The number of carbonyl (C=O) groups is 3. The molecule has 0 saturated carbocycles. The maximum atomic E-state index is 12.8. The van der Waals surface area contributed by atoms with Crippen LogP contribution in [0, 0.1) is 6.92 Å². The van der Waals surface area contributed by atoms with Gasteiger partial charge in [-0.15, -0.1) is 0 Å². The first-order valence-electron chi connectivity index (χ1n) is 11.5. The summed E-state index contributed by atoms with van der Waals surface area (Å²) in [6, 6.07) is 21.1. The molecule has 7 heteroatoms. The number of aliphatic carboxylic acids is 1. The van der Waals surface area contributed by atoms with Gasteiger partial charge in [0.25, 0.3) is 5.91 Å². The molecule has 7 nitrogen and oxygen atoms in total. The van der Waals surface area contributed by atoms with Crippen LogP contribution >= 0.6 is 0 Å². The SMILES string of the molecule is CCC(C)(NC(=O)c1cccc(NC(=O)OCC2c3ccccc3-c3ccccc32)c1C)C(=O)O. The summed E-state index contributed by atoms with van der Waals surface area (Å²) in [6.07, 6.45) is -0.401. The van der Waals surface area contributed by atoms with E-state index in [9.17, 15) is 19.5 Å². The lowest BCUT2D eigenvalue weighted by molar-refractivity contribution is -0.143. The van der Waals surface area contributed by atoms with Crippen molar-refractivity contribution in [2.45, 2.75) is 38.6 Å². The van der Waals surface area contributed by atoms with Crippen LogP contribution in [-0.2, 0) is 9.53 Å². The predicted molar refractivity (Wildman–Crippen MR) is 134 cm³/mol. The number of amides is 2. The third kappa shape index (κ3) is 4.62. The van der Waals surface area contributed by atoms with Gasteiger partial charge in [-0.05, 0) is 60.2 Å². The lowest BCUT2D eigenvalue weighted by Crippen LogP contribution is -2.51. The van der Waals surface area contributed by atoms with E-state index in [4.69, 9.17) is 4.74 Å². The average molecular weight is 473 g/mol. The molecule has 1 unspecified atom stereocenters. The zero-order valence-corrected chi connectivity index (χ0v) is 19.9. The molecule has 0 spiro atoms. The minimum atomic E-state index is -1.39. The Kier molecular flexibility index (Phi) is 6.60. The Morgan fingerprint density at radius 3 is 2.11 bits per heavy atom. The first-order chi connectivity index (χ1) is 16.7. The van der Waals surface area contributed by atoms with Crippen LogP contribution in [0.25, 0.3) is 11.1 Å². The molecule has 3 aromatic carbocycles. The van der Waals surface area contributed by atoms with E-state index in [1.165, 1.54) is 6.92 Å². The van der Waals surface area contributed by atoms with Crippen molar-refractivity contribution in [3.63, 3.8) is 0 Å². The van der Waals surface area contributed by atoms with E-state index in [0.29, 0.717) is 11.3 Å². The lowest BCUT2D eigenvalue weighted by Gasteiger charge is -2.25. The summed E-state index contributed by atoms with van der Waals surface area (Å²) in [5.41, 5.74) is 4.36. The van der Waals surface area contributed by atoms with E-state index in [-0.39, 0.29) is 24.5 Å². The number of ether oxygens (including phenoxy) is 1. The Hall–Kier alpha value is -4.13. The monoisotopic (exact) mass is 472 g/mol. The topological polar surface area (TPSA) is 105 Å². The quantitative estimate of drug-likeness (QED) is 0.431. The van der Waals surface area contributed by atoms with Crippen LogP contribution in [0.3, 0.4) is 0 Å². The second-order valence-corrected chi connectivity index (χ2v) is 8.87. The van der Waals surface area contributed by atoms with Crippen molar-refractivity contribution in [3.05, 3.63) is 89.0 Å². The molecule has 1 atom stereocenters. The molecule has 4 rings (SSSR count). The van der Waals surface area contributed by atoms with Gasteiger partial charge in [0.1, 0.15) is 12.1 Å². The first kappa shape index (κ1) is 24.0. The molecule has 3 N–H and O–H groups in total. The lowest BCUT2D eigenvalue weighted by atomic mass is 9.97. The number of carbonyl (C=O) groups excluding carboxylic acids is 2. The fourth-order valence-electron chi connectivity index (χ4n) is 4.37. The van der Waals surface area contributed by atoms with Crippen molar-refractivity contribution in [1.29, 1.82) is 0 Å². The fourth-order valence-corrected chi connectivity index (χ4v) is 4.37. The summed E-state index contributed by atoms with van der Waals surface area (Å²) < 4.78 is 5.60. The number of anilines is 1. The number of hydrogen-bond donors (Lipinski definition) is 3. The molecular formula is C28H28N2O5. The Labute approximate surface area is 204 Å². The molecule has 0 fully saturated rings. The minimum Gasteiger partial charge on any atom is -0.480 e. The smallest absolute Gasteiger partial charge is 0.411 e. The normalized spacial score (nSPS) is 13.8. The van der Waals surface area contributed by atoms with Gasteiger partial charge >= 0.3 is 12.1 Å². The highest BCUT2D eigenvalue weighted by molar-refractivity contribution is 6.01. The number of carboxylic acids is 1. The molecule has 0 radical (unpaired) electrons. The minimum absolute atomic E-state index is 0.0610. The van der Waals surface area contributed by atoms with E-state index in [0.717, 1.165) is 22.3 Å². The molecule has 0 saturated heterocycles. The number of carboxylic acid groups (broad SMARTS) is 1. The summed E-state index contributed by atoms with van der Waals surface area (Å²) in [7, 11) is 0. The van der Waals surface area contributed by atoms with Gasteiger partial charge in [-0.2, -0.15) is 0 Å². The van der Waals surface area contributed by atoms with E-state index < -0.39 is 23.5 Å². The molecule has 3 aromatic rings. The van der Waals surface area contributed by atoms with E-state index in [1.54, 1.807) is 32.0 Å². The Morgan fingerprint density at radius 2 is 1.54 bits per heavy atom. The summed E-state index contributed by atoms with van der Waals surface area (Å²) in [5, 5.41) is 14.8. The fraction of sp³-hybridized carbons (Fsp3) is 0.250. The number of benzene rings is 3. The molecular weight excluding hydrogens is 444 g/mol. The maximum absolute atomic E-state index is 12.8. The van der Waals surface area contributed by atoms with Gasteiger partial charge in [-0.25, -0.2) is 9.59 Å². The first-order valence-corrected chi connectivity index (χ1v) is 11.5. The summed E-state index contributed by atoms with van der Waals surface area (Å²) in [5.74, 6) is -1.70. The van der Waals surface area contributed by atoms with Crippen LogP contribution in [-0.4, -0.2) is 35.2 Å². The van der Waals surface area contributed by atoms with Gasteiger partial charge in [0.2, 0.25) is 0 Å². The third-order valence-corrected chi connectivity index (χ3v) is 6.73. The van der Waals surface area contributed by atoms with Crippen molar-refractivity contribution in [3.8, 4) is 11.1 Å². The second-order valence-electron chi connectivity index (χ2n) is 8.87. The highest BCUT2D eigenvalue weighted by Gasteiger charge is 2.33. The molecule has 0 aromatic heterocycles. The predicted octanol–water partition coefficient (Wildman–Crippen LogP) is 5.34. The van der Waals surface area contributed by atoms with Crippen LogP contribution in [0.1, 0.15) is 53.2 Å². The van der Waals surface area contributed by atoms with Gasteiger partial charge in [0.05, 0.1) is 0 Å². The van der Waals surface area contributed by atoms with Crippen LogP contribution < -0.4 is 10.6 Å². The number of hydrogen-bond acceptors (Lipinski definition) is 4. The van der Waals surface area contributed by atoms with Crippen molar-refractivity contribution in [1.82, 2.24) is 5.32 Å².